The van der Waals surface area contributed by atoms with Crippen molar-refractivity contribution in [1.82, 2.24) is 0 Å². The molecule has 0 aromatic heterocycles. The summed E-state index contributed by atoms with van der Waals surface area (Å²) in [6.07, 6.45) is -0.0507. The largest absolute Gasteiger partial charge is 0.380 e. The molecule has 3 heteroatoms. The van der Waals surface area contributed by atoms with Crippen LogP contribution >= 0.6 is 0 Å². The van der Waals surface area contributed by atoms with Crippen molar-refractivity contribution in [2.24, 2.45) is 0 Å². The van der Waals surface area contributed by atoms with Crippen molar-refractivity contribution in [2.75, 3.05) is 4.90 Å². The zero-order chi connectivity index (χ0) is 21.6. The number of ketones is 1. The van der Waals surface area contributed by atoms with Crippen LogP contribution in [-0.2, 0) is 4.79 Å². The van der Waals surface area contributed by atoms with Gasteiger partial charge in [-0.1, -0.05) is 79.4 Å². The third kappa shape index (κ3) is 4.47. The van der Waals surface area contributed by atoms with Crippen LogP contribution in [0.1, 0.15) is 11.7 Å². The smallest absolute Gasteiger partial charge is 0.188 e. The highest BCUT2D eigenvalue weighted by atomic mass is 16.3. The third-order valence-corrected chi connectivity index (χ3v) is 5.18. The normalized spacial score (nSPS) is 11.5. The fourth-order valence-electron chi connectivity index (χ4n) is 3.54. The van der Waals surface area contributed by atoms with Gasteiger partial charge in [0.15, 0.2) is 5.78 Å². The standard InChI is InChI=1S/C28H23NO2/c1-2-27(30)28(31)23-15-19-26(20-16-23)29(24-11-7-4-8-12-24)25-17-13-22(14-18-25)21-9-5-3-6-10-21/h2-20,28,31H,1H2. The van der Waals surface area contributed by atoms with Crippen LogP contribution in [0.4, 0.5) is 17.1 Å². The van der Waals surface area contributed by atoms with Crippen molar-refractivity contribution in [3.05, 3.63) is 127 Å². The van der Waals surface area contributed by atoms with Gasteiger partial charge in [0.25, 0.3) is 0 Å². The summed E-state index contributed by atoms with van der Waals surface area (Å²) in [5.41, 5.74) is 5.83. The van der Waals surface area contributed by atoms with E-state index in [0.717, 1.165) is 28.7 Å². The van der Waals surface area contributed by atoms with Crippen LogP contribution in [0.15, 0.2) is 122 Å². The van der Waals surface area contributed by atoms with Crippen LogP contribution in [-0.4, -0.2) is 10.9 Å². The van der Waals surface area contributed by atoms with Gasteiger partial charge in [0, 0.05) is 17.1 Å². The molecule has 1 N–H and O–H groups in total. The number of hydrogen-bond donors (Lipinski definition) is 1. The van der Waals surface area contributed by atoms with Crippen molar-refractivity contribution in [3.8, 4) is 11.1 Å². The van der Waals surface area contributed by atoms with Gasteiger partial charge in [-0.25, -0.2) is 0 Å². The number of carbonyl (C=O) groups is 1. The number of rotatable bonds is 7. The van der Waals surface area contributed by atoms with Gasteiger partial charge in [0.2, 0.25) is 0 Å². The maximum absolute atomic E-state index is 11.7. The number of aliphatic hydroxyl groups excluding tert-OH is 1. The first-order valence-electron chi connectivity index (χ1n) is 10.1. The van der Waals surface area contributed by atoms with Crippen LogP contribution < -0.4 is 4.90 Å². The van der Waals surface area contributed by atoms with Crippen molar-refractivity contribution >= 4 is 22.8 Å². The SMILES string of the molecule is C=CC(=O)C(O)c1ccc(N(c2ccccc2)c2ccc(-c3ccccc3)cc2)cc1. The maximum Gasteiger partial charge on any atom is 0.188 e. The Balaban J connectivity index is 1.71. The molecule has 0 aliphatic heterocycles. The molecule has 0 aliphatic carbocycles. The van der Waals surface area contributed by atoms with Gasteiger partial charge in [-0.15, -0.1) is 0 Å². The topological polar surface area (TPSA) is 40.5 Å². The van der Waals surface area contributed by atoms with Gasteiger partial charge in [0.1, 0.15) is 6.10 Å². The van der Waals surface area contributed by atoms with E-state index in [1.165, 1.54) is 5.56 Å². The summed E-state index contributed by atoms with van der Waals surface area (Å²) in [5, 5.41) is 10.2. The Hall–Kier alpha value is -3.95. The molecule has 152 valence electrons. The Morgan fingerprint density at radius 1 is 0.677 bits per heavy atom. The minimum absolute atomic E-state index is 0.413. The van der Waals surface area contributed by atoms with E-state index in [4.69, 9.17) is 0 Å². The minimum Gasteiger partial charge on any atom is -0.380 e. The Kier molecular flexibility index (Phi) is 6.06. The van der Waals surface area contributed by atoms with Crippen molar-refractivity contribution in [1.29, 1.82) is 0 Å². The number of benzene rings is 4. The number of aliphatic hydroxyl groups is 1. The predicted molar refractivity (Wildman–Crippen MR) is 127 cm³/mol. The quantitative estimate of drug-likeness (QED) is 0.352. The fraction of sp³-hybridized carbons (Fsp3) is 0.0357. The summed E-state index contributed by atoms with van der Waals surface area (Å²) in [5.74, 6) is -0.413. The summed E-state index contributed by atoms with van der Waals surface area (Å²) in [6.45, 7) is 3.44. The van der Waals surface area contributed by atoms with Gasteiger partial charge in [0.05, 0.1) is 0 Å². The second kappa shape index (κ2) is 9.24. The number of para-hydroxylation sites is 1. The zero-order valence-electron chi connectivity index (χ0n) is 17.1. The second-order valence-electron chi connectivity index (χ2n) is 7.18. The van der Waals surface area contributed by atoms with Crippen molar-refractivity contribution in [3.63, 3.8) is 0 Å². The first kappa shape index (κ1) is 20.3. The van der Waals surface area contributed by atoms with Crippen LogP contribution in [0.5, 0.6) is 0 Å². The first-order valence-corrected chi connectivity index (χ1v) is 10.1. The molecule has 0 radical (unpaired) electrons. The molecule has 0 amide bonds. The molecule has 31 heavy (non-hydrogen) atoms. The summed E-state index contributed by atoms with van der Waals surface area (Å²) < 4.78 is 0. The molecule has 0 bridgehead atoms. The van der Waals surface area contributed by atoms with E-state index in [0.29, 0.717) is 5.56 Å². The van der Waals surface area contributed by atoms with Gasteiger partial charge in [-0.05, 0) is 59.2 Å². The van der Waals surface area contributed by atoms with E-state index in [9.17, 15) is 9.90 Å². The van der Waals surface area contributed by atoms with Gasteiger partial charge in [-0.3, -0.25) is 4.79 Å². The number of anilines is 3. The Labute approximate surface area is 182 Å². The third-order valence-electron chi connectivity index (χ3n) is 5.18. The lowest BCUT2D eigenvalue weighted by Crippen LogP contribution is -2.11. The van der Waals surface area contributed by atoms with Crippen LogP contribution in [0, 0.1) is 0 Å². The number of carbonyl (C=O) groups excluding carboxylic acids is 1. The summed E-state index contributed by atoms with van der Waals surface area (Å²) in [7, 11) is 0. The lowest BCUT2D eigenvalue weighted by atomic mass is 10.0. The van der Waals surface area contributed by atoms with Crippen LogP contribution in [0.3, 0.4) is 0 Å². The molecular weight excluding hydrogens is 382 g/mol. The van der Waals surface area contributed by atoms with Crippen LogP contribution in [0.2, 0.25) is 0 Å². The molecule has 0 spiro atoms. The highest BCUT2D eigenvalue weighted by Gasteiger charge is 2.16. The van der Waals surface area contributed by atoms with E-state index in [1.54, 1.807) is 12.1 Å². The second-order valence-corrected chi connectivity index (χ2v) is 7.18. The molecule has 1 atom stereocenters. The average Bonchev–Trinajstić information content (AvgIpc) is 2.85. The highest BCUT2D eigenvalue weighted by molar-refractivity contribution is 5.93. The predicted octanol–water partition coefficient (Wildman–Crippen LogP) is 6.61. The maximum atomic E-state index is 11.7. The Morgan fingerprint density at radius 2 is 1.13 bits per heavy atom. The minimum atomic E-state index is -1.19. The molecule has 4 aromatic carbocycles. The van der Waals surface area contributed by atoms with E-state index in [-0.39, 0.29) is 0 Å². The molecule has 0 fully saturated rings. The van der Waals surface area contributed by atoms with Gasteiger partial charge in [-0.2, -0.15) is 0 Å². The van der Waals surface area contributed by atoms with Crippen LogP contribution in [0.25, 0.3) is 11.1 Å². The highest BCUT2D eigenvalue weighted by Crippen LogP contribution is 2.36. The molecule has 1 unspecified atom stereocenters. The molecule has 0 heterocycles. The van der Waals surface area contributed by atoms with E-state index in [1.807, 2.05) is 48.5 Å². The molecule has 0 saturated carbocycles. The lowest BCUT2D eigenvalue weighted by molar-refractivity contribution is -0.122. The molecule has 3 nitrogen and oxygen atoms in total. The van der Waals surface area contributed by atoms with Crippen molar-refractivity contribution < 1.29 is 9.90 Å². The summed E-state index contributed by atoms with van der Waals surface area (Å²) in [4.78, 5) is 13.9. The molecular formula is C28H23NO2. The first-order chi connectivity index (χ1) is 15.2. The van der Waals surface area contributed by atoms with E-state index in [2.05, 4.69) is 60.0 Å². The Bertz CT molecular complexity index is 1150. The van der Waals surface area contributed by atoms with E-state index >= 15 is 0 Å². The summed E-state index contributed by atoms with van der Waals surface area (Å²) >= 11 is 0. The van der Waals surface area contributed by atoms with Gasteiger partial charge < -0.3 is 10.0 Å². The number of nitrogens with zero attached hydrogens (tertiary/aromatic N) is 1. The Morgan fingerprint density at radius 3 is 1.68 bits per heavy atom. The van der Waals surface area contributed by atoms with Crippen molar-refractivity contribution in [2.45, 2.75) is 6.10 Å². The molecule has 0 aliphatic rings. The molecule has 4 aromatic rings. The molecule has 4 rings (SSSR count). The fourth-order valence-corrected chi connectivity index (χ4v) is 3.54. The zero-order valence-corrected chi connectivity index (χ0v) is 17.1. The monoisotopic (exact) mass is 405 g/mol. The van der Waals surface area contributed by atoms with Gasteiger partial charge >= 0.3 is 0 Å². The molecule has 0 saturated heterocycles. The van der Waals surface area contributed by atoms with E-state index < -0.39 is 11.9 Å². The number of hydrogen-bond acceptors (Lipinski definition) is 3. The summed E-state index contributed by atoms with van der Waals surface area (Å²) in [6, 6.07) is 36.1. The average molecular weight is 405 g/mol. The lowest BCUT2D eigenvalue weighted by Gasteiger charge is -2.26.